The number of aromatic nitrogens is 1. The van der Waals surface area contributed by atoms with Crippen molar-refractivity contribution in [2.24, 2.45) is 5.41 Å². The number of carbonyl (C=O) groups is 2. The zero-order chi connectivity index (χ0) is 24.0. The summed E-state index contributed by atoms with van der Waals surface area (Å²) >= 11 is 13.3. The van der Waals surface area contributed by atoms with Gasteiger partial charge in [-0.1, -0.05) is 23.2 Å². The summed E-state index contributed by atoms with van der Waals surface area (Å²) in [6.07, 6.45) is 3.44. The quantitative estimate of drug-likeness (QED) is 0.558. The highest BCUT2D eigenvalue weighted by atomic mass is 35.5. The Bertz CT molecular complexity index is 1210. The molecule has 33 heavy (non-hydrogen) atoms. The maximum absolute atomic E-state index is 13.0. The SMILES string of the molecule is COc1cc(C(=O)N2CCC3(CC2)CCN(C(=O)c2scc(S(C)(=O)=O)c2Cl)C3)cc(Cl)n1. The first-order valence-electron chi connectivity index (χ1n) is 10.3. The van der Waals surface area contributed by atoms with Gasteiger partial charge in [0.25, 0.3) is 11.8 Å². The fraction of sp³-hybridized carbons (Fsp3) is 0.476. The summed E-state index contributed by atoms with van der Waals surface area (Å²) in [7, 11) is -2.02. The molecule has 2 aromatic heterocycles. The lowest BCUT2D eigenvalue weighted by molar-refractivity contribution is 0.0566. The van der Waals surface area contributed by atoms with Crippen molar-refractivity contribution < 1.29 is 22.7 Å². The lowest BCUT2D eigenvalue weighted by Gasteiger charge is -2.39. The van der Waals surface area contributed by atoms with Gasteiger partial charge in [0, 0.05) is 49.4 Å². The fourth-order valence-electron chi connectivity index (χ4n) is 4.45. The molecule has 2 aliphatic heterocycles. The predicted octanol–water partition coefficient (Wildman–Crippen LogP) is 3.63. The van der Waals surface area contributed by atoms with Gasteiger partial charge in [-0.15, -0.1) is 11.3 Å². The van der Waals surface area contributed by atoms with Crippen LogP contribution >= 0.6 is 34.5 Å². The summed E-state index contributed by atoms with van der Waals surface area (Å²) in [5.74, 6) is -0.0820. The minimum Gasteiger partial charge on any atom is -0.481 e. The highest BCUT2D eigenvalue weighted by Gasteiger charge is 2.43. The largest absolute Gasteiger partial charge is 0.481 e. The van der Waals surface area contributed by atoms with Crippen LogP contribution in [0.1, 0.15) is 39.3 Å². The third kappa shape index (κ3) is 4.84. The molecule has 0 bridgehead atoms. The number of piperidine rings is 1. The van der Waals surface area contributed by atoms with Crippen molar-refractivity contribution in [2.45, 2.75) is 24.2 Å². The number of nitrogens with zero attached hydrogens (tertiary/aromatic N) is 3. The first kappa shape index (κ1) is 24.3. The minimum atomic E-state index is -3.49. The van der Waals surface area contributed by atoms with Crippen LogP contribution in [0.3, 0.4) is 0 Å². The molecule has 12 heteroatoms. The Morgan fingerprint density at radius 1 is 1.09 bits per heavy atom. The van der Waals surface area contributed by atoms with Gasteiger partial charge >= 0.3 is 0 Å². The number of hydrogen-bond donors (Lipinski definition) is 0. The average molecular weight is 532 g/mol. The van der Waals surface area contributed by atoms with E-state index in [1.54, 1.807) is 15.9 Å². The maximum Gasteiger partial charge on any atom is 0.265 e. The molecule has 1 spiro atoms. The third-order valence-corrected chi connectivity index (χ3v) is 9.41. The van der Waals surface area contributed by atoms with E-state index in [0.717, 1.165) is 36.9 Å². The van der Waals surface area contributed by atoms with Crippen molar-refractivity contribution in [3.63, 3.8) is 0 Å². The van der Waals surface area contributed by atoms with Crippen LogP contribution in [-0.2, 0) is 9.84 Å². The van der Waals surface area contributed by atoms with Gasteiger partial charge in [0.1, 0.15) is 10.0 Å². The predicted molar refractivity (Wildman–Crippen MR) is 126 cm³/mol. The van der Waals surface area contributed by atoms with Crippen LogP contribution in [-0.4, -0.2) is 74.6 Å². The van der Waals surface area contributed by atoms with E-state index in [2.05, 4.69) is 4.98 Å². The molecule has 8 nitrogen and oxygen atoms in total. The van der Waals surface area contributed by atoms with Gasteiger partial charge in [-0.05, 0) is 30.7 Å². The number of rotatable bonds is 4. The Labute approximate surface area is 206 Å². The highest BCUT2D eigenvalue weighted by molar-refractivity contribution is 7.91. The van der Waals surface area contributed by atoms with Crippen LogP contribution in [0.25, 0.3) is 0 Å². The van der Waals surface area contributed by atoms with Gasteiger partial charge in [-0.25, -0.2) is 13.4 Å². The van der Waals surface area contributed by atoms with E-state index in [0.29, 0.717) is 31.7 Å². The lowest BCUT2D eigenvalue weighted by Crippen LogP contribution is -2.44. The molecule has 0 saturated carbocycles. The number of ether oxygens (including phenoxy) is 1. The van der Waals surface area contributed by atoms with E-state index in [9.17, 15) is 18.0 Å². The van der Waals surface area contributed by atoms with Crippen LogP contribution in [0.2, 0.25) is 10.2 Å². The van der Waals surface area contributed by atoms with E-state index >= 15 is 0 Å². The lowest BCUT2D eigenvalue weighted by atomic mass is 9.77. The van der Waals surface area contributed by atoms with Gasteiger partial charge in [0.05, 0.1) is 17.0 Å². The number of hydrogen-bond acceptors (Lipinski definition) is 7. The van der Waals surface area contributed by atoms with Crippen molar-refractivity contribution in [3.05, 3.63) is 38.1 Å². The van der Waals surface area contributed by atoms with Gasteiger partial charge in [-0.2, -0.15) is 0 Å². The van der Waals surface area contributed by atoms with Crippen molar-refractivity contribution in [1.82, 2.24) is 14.8 Å². The zero-order valence-corrected chi connectivity index (χ0v) is 21.3. The Balaban J connectivity index is 1.41. The highest BCUT2D eigenvalue weighted by Crippen LogP contribution is 2.42. The molecule has 0 aliphatic carbocycles. The Morgan fingerprint density at radius 3 is 2.30 bits per heavy atom. The molecule has 0 radical (unpaired) electrons. The molecule has 0 N–H and O–H groups in total. The summed E-state index contributed by atoms with van der Waals surface area (Å²) in [4.78, 5) is 33.8. The number of sulfone groups is 1. The summed E-state index contributed by atoms with van der Waals surface area (Å²) in [5, 5.41) is 1.61. The molecule has 4 rings (SSSR count). The second kappa shape index (κ2) is 9.05. The third-order valence-electron chi connectivity index (χ3n) is 6.36. The number of likely N-dealkylation sites (tertiary alicyclic amines) is 2. The molecule has 2 saturated heterocycles. The number of thiophene rings is 1. The standard InChI is InChI=1S/C21H23Cl2N3O5S2/c1-31-16-10-13(9-15(22)24-16)19(27)25-6-3-21(4-7-25)5-8-26(12-21)20(28)18-17(23)14(11-32-18)33(2,29)30/h9-11H,3-8,12H2,1-2H3. The minimum absolute atomic E-state index is 0.000283. The zero-order valence-electron chi connectivity index (χ0n) is 18.1. The molecule has 4 heterocycles. The first-order chi connectivity index (χ1) is 15.5. The molecule has 2 aromatic rings. The molecule has 2 amide bonds. The van der Waals surface area contributed by atoms with Crippen molar-refractivity contribution in [3.8, 4) is 5.88 Å². The normalized spacial score (nSPS) is 18.1. The number of pyridine rings is 1. The summed E-state index contributed by atoms with van der Waals surface area (Å²) in [6.45, 7) is 2.28. The number of halogens is 2. The molecular formula is C21H23Cl2N3O5S2. The van der Waals surface area contributed by atoms with E-state index in [1.807, 2.05) is 0 Å². The smallest absolute Gasteiger partial charge is 0.265 e. The Hall–Kier alpha value is -1.88. The van der Waals surface area contributed by atoms with Crippen LogP contribution in [0.15, 0.2) is 22.4 Å². The molecule has 178 valence electrons. The van der Waals surface area contributed by atoms with Crippen LogP contribution in [0.5, 0.6) is 5.88 Å². The number of methoxy groups -OCH3 is 1. The fourth-order valence-corrected chi connectivity index (χ4v) is 7.53. The second-order valence-electron chi connectivity index (χ2n) is 8.51. The summed E-state index contributed by atoms with van der Waals surface area (Å²) < 4.78 is 28.8. The Morgan fingerprint density at radius 2 is 1.73 bits per heavy atom. The maximum atomic E-state index is 13.0. The van der Waals surface area contributed by atoms with Crippen molar-refractivity contribution in [1.29, 1.82) is 0 Å². The first-order valence-corrected chi connectivity index (χ1v) is 13.8. The topological polar surface area (TPSA) is 96.9 Å². The molecule has 2 aliphatic rings. The van der Waals surface area contributed by atoms with Gasteiger partial charge < -0.3 is 14.5 Å². The molecule has 0 aromatic carbocycles. The summed E-state index contributed by atoms with van der Waals surface area (Å²) in [5.41, 5.74) is 0.365. The molecule has 0 unspecified atom stereocenters. The number of carbonyl (C=O) groups excluding carboxylic acids is 2. The average Bonchev–Trinajstić information content (AvgIpc) is 3.36. The van der Waals surface area contributed by atoms with Crippen molar-refractivity contribution in [2.75, 3.05) is 39.5 Å². The van der Waals surface area contributed by atoms with Gasteiger partial charge in [0.2, 0.25) is 5.88 Å². The van der Waals surface area contributed by atoms with Crippen LogP contribution in [0.4, 0.5) is 0 Å². The van der Waals surface area contributed by atoms with Crippen LogP contribution < -0.4 is 4.74 Å². The molecule has 2 fully saturated rings. The van der Waals surface area contributed by atoms with E-state index in [-0.39, 0.29) is 43.1 Å². The van der Waals surface area contributed by atoms with Crippen LogP contribution in [0, 0.1) is 5.41 Å². The molecule has 0 atom stereocenters. The number of amides is 2. The van der Waals surface area contributed by atoms with E-state index in [1.165, 1.54) is 18.6 Å². The Kier molecular flexibility index (Phi) is 6.65. The molecular weight excluding hydrogens is 509 g/mol. The van der Waals surface area contributed by atoms with E-state index < -0.39 is 9.84 Å². The van der Waals surface area contributed by atoms with Gasteiger partial charge in [-0.3, -0.25) is 9.59 Å². The van der Waals surface area contributed by atoms with Crippen molar-refractivity contribution >= 4 is 56.2 Å². The monoisotopic (exact) mass is 531 g/mol. The summed E-state index contributed by atoms with van der Waals surface area (Å²) in [6, 6.07) is 3.10. The second-order valence-corrected chi connectivity index (χ2v) is 12.1. The van der Waals surface area contributed by atoms with E-state index in [4.69, 9.17) is 27.9 Å². The van der Waals surface area contributed by atoms with Gasteiger partial charge in [0.15, 0.2) is 9.84 Å².